The molecule has 0 fully saturated rings. The van der Waals surface area contributed by atoms with Crippen molar-refractivity contribution in [2.45, 2.75) is 19.8 Å². The van der Waals surface area contributed by atoms with Crippen LogP contribution in [0.15, 0.2) is 18.2 Å². The van der Waals surface area contributed by atoms with Crippen LogP contribution in [0.1, 0.15) is 35.7 Å². The first-order valence-corrected chi connectivity index (χ1v) is 4.72. The van der Waals surface area contributed by atoms with Crippen LogP contribution in [0.5, 0.6) is 5.75 Å². The van der Waals surface area contributed by atoms with E-state index in [1.54, 1.807) is 12.1 Å². The Morgan fingerprint density at radius 2 is 2.13 bits per heavy atom. The summed E-state index contributed by atoms with van der Waals surface area (Å²) in [6, 6.07) is 4.99. The summed E-state index contributed by atoms with van der Waals surface area (Å²) in [4.78, 5) is 15.8. The van der Waals surface area contributed by atoms with Crippen LogP contribution in [0.2, 0.25) is 0 Å². The van der Waals surface area contributed by atoms with Gasteiger partial charge in [-0.15, -0.1) is 0 Å². The van der Waals surface area contributed by atoms with E-state index in [1.807, 2.05) is 19.9 Å². The van der Waals surface area contributed by atoms with Gasteiger partial charge in [0.25, 0.3) is 5.91 Å². The molecule has 0 saturated heterocycles. The number of amides is 1. The van der Waals surface area contributed by atoms with Crippen molar-refractivity contribution in [1.29, 1.82) is 0 Å². The third kappa shape index (κ3) is 2.70. The topological polar surface area (TPSA) is 58.6 Å². The second-order valence-electron chi connectivity index (χ2n) is 3.57. The summed E-state index contributed by atoms with van der Waals surface area (Å²) in [6.45, 7) is 4.04. The van der Waals surface area contributed by atoms with Crippen LogP contribution in [0.25, 0.3) is 0 Å². The van der Waals surface area contributed by atoms with Gasteiger partial charge in [-0.3, -0.25) is 9.63 Å². The fraction of sp³-hybridized carbons (Fsp3) is 0.364. The Balaban J connectivity index is 2.98. The number of carbonyl (C=O) groups excluding carboxylic acids is 1. The molecule has 1 rings (SSSR count). The second-order valence-corrected chi connectivity index (χ2v) is 3.57. The molecule has 0 aliphatic heterocycles. The zero-order valence-electron chi connectivity index (χ0n) is 9.07. The highest BCUT2D eigenvalue weighted by Crippen LogP contribution is 2.23. The van der Waals surface area contributed by atoms with Crippen molar-refractivity contribution < 1.29 is 14.7 Å². The predicted octanol–water partition coefficient (Wildman–Crippen LogP) is 1.81. The Bertz CT molecular complexity index is 361. The van der Waals surface area contributed by atoms with Gasteiger partial charge >= 0.3 is 0 Å². The zero-order chi connectivity index (χ0) is 11.4. The standard InChI is InChI=1S/C11H15NO3/c1-7(2)8-4-5-9(10(13)6-8)11(14)12-15-3/h4-7,13H,1-3H3,(H,12,14). The van der Waals surface area contributed by atoms with Gasteiger partial charge in [0.05, 0.1) is 12.7 Å². The fourth-order valence-electron chi connectivity index (χ4n) is 1.25. The first-order chi connectivity index (χ1) is 7.06. The van der Waals surface area contributed by atoms with Gasteiger partial charge in [-0.25, -0.2) is 5.48 Å². The molecule has 0 aliphatic carbocycles. The second kappa shape index (κ2) is 4.79. The van der Waals surface area contributed by atoms with Gasteiger partial charge in [0, 0.05) is 0 Å². The minimum Gasteiger partial charge on any atom is -0.507 e. The minimum absolute atomic E-state index is 0.0317. The van der Waals surface area contributed by atoms with Crippen molar-refractivity contribution in [3.05, 3.63) is 29.3 Å². The van der Waals surface area contributed by atoms with E-state index in [0.717, 1.165) is 5.56 Å². The van der Waals surface area contributed by atoms with Crippen LogP contribution < -0.4 is 5.48 Å². The quantitative estimate of drug-likeness (QED) is 0.746. The Kier molecular flexibility index (Phi) is 3.68. The van der Waals surface area contributed by atoms with Crippen molar-refractivity contribution in [2.75, 3.05) is 7.11 Å². The van der Waals surface area contributed by atoms with Crippen molar-refractivity contribution in [3.63, 3.8) is 0 Å². The van der Waals surface area contributed by atoms with E-state index in [2.05, 4.69) is 10.3 Å². The molecule has 0 aliphatic rings. The summed E-state index contributed by atoms with van der Waals surface area (Å²) in [5, 5.41) is 9.62. The predicted molar refractivity (Wildman–Crippen MR) is 56.7 cm³/mol. The maximum Gasteiger partial charge on any atom is 0.278 e. The molecule has 0 heterocycles. The van der Waals surface area contributed by atoms with E-state index in [4.69, 9.17) is 0 Å². The van der Waals surface area contributed by atoms with E-state index >= 15 is 0 Å². The summed E-state index contributed by atoms with van der Waals surface area (Å²) in [5.74, 6) is -0.170. The molecular formula is C11H15NO3. The third-order valence-electron chi connectivity index (χ3n) is 2.13. The Labute approximate surface area is 88.8 Å². The van der Waals surface area contributed by atoms with Crippen molar-refractivity contribution in [3.8, 4) is 5.75 Å². The highest BCUT2D eigenvalue weighted by molar-refractivity contribution is 5.96. The molecule has 0 saturated carbocycles. The normalized spacial score (nSPS) is 10.4. The molecule has 1 aromatic carbocycles. The molecule has 4 heteroatoms. The molecule has 0 spiro atoms. The van der Waals surface area contributed by atoms with Gasteiger partial charge in [-0.2, -0.15) is 0 Å². The lowest BCUT2D eigenvalue weighted by atomic mass is 10.0. The number of rotatable bonds is 3. The third-order valence-corrected chi connectivity index (χ3v) is 2.13. The molecule has 15 heavy (non-hydrogen) atoms. The molecule has 0 atom stereocenters. The van der Waals surface area contributed by atoms with Crippen molar-refractivity contribution >= 4 is 5.91 Å². The van der Waals surface area contributed by atoms with Crippen molar-refractivity contribution in [2.24, 2.45) is 0 Å². The van der Waals surface area contributed by atoms with Gasteiger partial charge in [0.15, 0.2) is 0 Å². The molecule has 0 radical (unpaired) electrons. The first kappa shape index (κ1) is 11.5. The van der Waals surface area contributed by atoms with Gasteiger partial charge in [0.1, 0.15) is 5.75 Å². The van der Waals surface area contributed by atoms with Gasteiger partial charge in [-0.1, -0.05) is 19.9 Å². The van der Waals surface area contributed by atoms with E-state index < -0.39 is 5.91 Å². The monoisotopic (exact) mass is 209 g/mol. The Hall–Kier alpha value is -1.55. The fourth-order valence-corrected chi connectivity index (χ4v) is 1.25. The summed E-state index contributed by atoms with van der Waals surface area (Å²) in [6.07, 6.45) is 0. The summed E-state index contributed by atoms with van der Waals surface area (Å²) < 4.78 is 0. The largest absolute Gasteiger partial charge is 0.507 e. The Morgan fingerprint density at radius 3 is 2.60 bits per heavy atom. The van der Waals surface area contributed by atoms with Gasteiger partial charge in [-0.05, 0) is 23.6 Å². The number of hydroxylamine groups is 1. The smallest absolute Gasteiger partial charge is 0.278 e. The average Bonchev–Trinajstić information content (AvgIpc) is 2.17. The number of phenolic OH excluding ortho intramolecular Hbond substituents is 1. The van der Waals surface area contributed by atoms with Gasteiger partial charge in [0.2, 0.25) is 0 Å². The Morgan fingerprint density at radius 1 is 1.47 bits per heavy atom. The molecule has 4 nitrogen and oxygen atoms in total. The SMILES string of the molecule is CONC(=O)c1ccc(C(C)C)cc1O. The molecule has 1 aromatic rings. The number of hydrogen-bond donors (Lipinski definition) is 2. The first-order valence-electron chi connectivity index (χ1n) is 4.72. The van der Waals surface area contributed by atoms with Crippen LogP contribution in [-0.2, 0) is 4.84 Å². The summed E-state index contributed by atoms with van der Waals surface area (Å²) in [5.41, 5.74) is 3.35. The van der Waals surface area contributed by atoms with E-state index in [0.29, 0.717) is 5.92 Å². The van der Waals surface area contributed by atoms with Crippen molar-refractivity contribution in [1.82, 2.24) is 5.48 Å². The number of carbonyl (C=O) groups is 1. The van der Waals surface area contributed by atoms with Crippen LogP contribution in [0.4, 0.5) is 0 Å². The van der Waals surface area contributed by atoms with E-state index in [-0.39, 0.29) is 11.3 Å². The van der Waals surface area contributed by atoms with Gasteiger partial charge < -0.3 is 5.11 Å². The van der Waals surface area contributed by atoms with Crippen LogP contribution in [0, 0.1) is 0 Å². The molecular weight excluding hydrogens is 194 g/mol. The maximum absolute atomic E-state index is 11.4. The zero-order valence-corrected chi connectivity index (χ0v) is 9.07. The minimum atomic E-state index is -0.453. The lowest BCUT2D eigenvalue weighted by Gasteiger charge is -2.09. The van der Waals surface area contributed by atoms with Crippen LogP contribution >= 0.6 is 0 Å². The maximum atomic E-state index is 11.4. The molecule has 0 bridgehead atoms. The number of aromatic hydroxyl groups is 1. The molecule has 82 valence electrons. The molecule has 0 aromatic heterocycles. The van der Waals surface area contributed by atoms with Crippen LogP contribution in [0.3, 0.4) is 0 Å². The lowest BCUT2D eigenvalue weighted by Crippen LogP contribution is -2.21. The molecule has 2 N–H and O–H groups in total. The number of phenols is 1. The van der Waals surface area contributed by atoms with E-state index in [1.165, 1.54) is 7.11 Å². The highest BCUT2D eigenvalue weighted by atomic mass is 16.6. The average molecular weight is 209 g/mol. The number of nitrogens with one attached hydrogen (secondary N) is 1. The lowest BCUT2D eigenvalue weighted by molar-refractivity contribution is 0.0535. The molecule has 1 amide bonds. The van der Waals surface area contributed by atoms with Crippen LogP contribution in [-0.4, -0.2) is 18.1 Å². The summed E-state index contributed by atoms with van der Waals surface area (Å²) >= 11 is 0. The number of hydrogen-bond acceptors (Lipinski definition) is 3. The summed E-state index contributed by atoms with van der Waals surface area (Å²) in [7, 11) is 1.34. The molecule has 0 unspecified atom stereocenters. The highest BCUT2D eigenvalue weighted by Gasteiger charge is 2.11. The number of benzene rings is 1. The van der Waals surface area contributed by atoms with E-state index in [9.17, 15) is 9.90 Å².